The Morgan fingerprint density at radius 3 is 2.62 bits per heavy atom. The van der Waals surface area contributed by atoms with Crippen LogP contribution in [-0.4, -0.2) is 13.1 Å². The van der Waals surface area contributed by atoms with Gasteiger partial charge in [-0.25, -0.2) is 0 Å². The standard InChI is InChI=1S/C22H20O2/c1-24-21(23)22(15-16-9-3-2-4-10-16)19-13-7-5-11-17(19)18-12-6-8-14-20(18)22/h2-5,7-11,13-14H,6,12,15H2,1H3/t22-/m1/s1. The van der Waals surface area contributed by atoms with Gasteiger partial charge in [-0.2, -0.15) is 0 Å². The summed E-state index contributed by atoms with van der Waals surface area (Å²) < 4.78 is 5.31. The molecule has 2 aliphatic carbocycles. The van der Waals surface area contributed by atoms with Gasteiger partial charge in [0.15, 0.2) is 0 Å². The Kier molecular flexibility index (Phi) is 3.61. The number of ether oxygens (including phenoxy) is 1. The van der Waals surface area contributed by atoms with Crippen molar-refractivity contribution in [2.45, 2.75) is 24.7 Å². The van der Waals surface area contributed by atoms with Crippen molar-refractivity contribution in [1.82, 2.24) is 0 Å². The van der Waals surface area contributed by atoms with Gasteiger partial charge in [-0.05, 0) is 47.1 Å². The molecule has 2 aliphatic rings. The van der Waals surface area contributed by atoms with Crippen LogP contribution in [0.1, 0.15) is 29.5 Å². The Morgan fingerprint density at radius 1 is 1.08 bits per heavy atom. The van der Waals surface area contributed by atoms with Crippen molar-refractivity contribution in [2.24, 2.45) is 0 Å². The second-order valence-corrected chi connectivity index (χ2v) is 6.44. The maximum atomic E-state index is 13.1. The lowest BCUT2D eigenvalue weighted by atomic mass is 9.72. The van der Waals surface area contributed by atoms with Gasteiger partial charge < -0.3 is 4.74 Å². The van der Waals surface area contributed by atoms with Crippen LogP contribution in [-0.2, 0) is 21.4 Å². The maximum absolute atomic E-state index is 13.1. The number of benzene rings is 2. The Hall–Kier alpha value is -2.61. The van der Waals surface area contributed by atoms with Crippen molar-refractivity contribution in [1.29, 1.82) is 0 Å². The fourth-order valence-corrected chi connectivity index (χ4v) is 4.17. The van der Waals surface area contributed by atoms with E-state index < -0.39 is 5.41 Å². The average molecular weight is 316 g/mol. The highest BCUT2D eigenvalue weighted by atomic mass is 16.5. The highest BCUT2D eigenvalue weighted by Crippen LogP contribution is 2.52. The number of fused-ring (bicyclic) bond motifs is 2. The molecule has 0 unspecified atom stereocenters. The second kappa shape index (κ2) is 5.79. The summed E-state index contributed by atoms with van der Waals surface area (Å²) in [5.41, 5.74) is 5.11. The number of allylic oxidation sites excluding steroid dienone is 3. The van der Waals surface area contributed by atoms with E-state index in [1.165, 1.54) is 18.2 Å². The molecule has 4 rings (SSSR count). The summed E-state index contributed by atoms with van der Waals surface area (Å²) in [6.45, 7) is 0. The third-order valence-electron chi connectivity index (χ3n) is 5.19. The largest absolute Gasteiger partial charge is 0.468 e. The molecule has 0 aliphatic heterocycles. The van der Waals surface area contributed by atoms with Gasteiger partial charge in [0.05, 0.1) is 7.11 Å². The van der Waals surface area contributed by atoms with Crippen LogP contribution in [0.5, 0.6) is 0 Å². The molecule has 2 aromatic rings. The summed E-state index contributed by atoms with van der Waals surface area (Å²) in [5.74, 6) is -0.171. The molecular weight excluding hydrogens is 296 g/mol. The van der Waals surface area contributed by atoms with Gasteiger partial charge in [0, 0.05) is 0 Å². The minimum Gasteiger partial charge on any atom is -0.468 e. The molecule has 0 amide bonds. The molecule has 24 heavy (non-hydrogen) atoms. The number of carbonyl (C=O) groups excluding carboxylic acids is 1. The molecule has 2 heteroatoms. The molecule has 0 fully saturated rings. The van der Waals surface area contributed by atoms with Gasteiger partial charge in [-0.3, -0.25) is 4.79 Å². The van der Waals surface area contributed by atoms with Crippen LogP contribution < -0.4 is 0 Å². The molecule has 0 spiro atoms. The van der Waals surface area contributed by atoms with Crippen molar-refractivity contribution in [2.75, 3.05) is 7.11 Å². The van der Waals surface area contributed by atoms with Crippen LogP contribution in [0.25, 0.3) is 5.57 Å². The Balaban J connectivity index is 1.96. The first-order valence-corrected chi connectivity index (χ1v) is 8.40. The Bertz CT molecular complexity index is 845. The van der Waals surface area contributed by atoms with Gasteiger partial charge in [-0.1, -0.05) is 66.7 Å². The zero-order chi connectivity index (χ0) is 16.6. The number of rotatable bonds is 3. The van der Waals surface area contributed by atoms with E-state index in [0.29, 0.717) is 6.42 Å². The van der Waals surface area contributed by atoms with Crippen LogP contribution in [0, 0.1) is 0 Å². The topological polar surface area (TPSA) is 26.3 Å². The van der Waals surface area contributed by atoms with Gasteiger partial charge >= 0.3 is 5.97 Å². The minimum absolute atomic E-state index is 0.171. The van der Waals surface area contributed by atoms with E-state index in [9.17, 15) is 4.79 Å². The molecule has 0 saturated heterocycles. The van der Waals surface area contributed by atoms with Crippen molar-refractivity contribution >= 4 is 11.5 Å². The van der Waals surface area contributed by atoms with E-state index in [1.54, 1.807) is 0 Å². The molecule has 0 aromatic heterocycles. The van der Waals surface area contributed by atoms with Crippen molar-refractivity contribution in [3.8, 4) is 0 Å². The molecule has 2 aromatic carbocycles. The number of hydrogen-bond acceptors (Lipinski definition) is 2. The number of carbonyl (C=O) groups is 1. The number of esters is 1. The van der Waals surface area contributed by atoms with Crippen molar-refractivity contribution in [3.05, 3.63) is 89.0 Å². The summed E-state index contributed by atoms with van der Waals surface area (Å²) in [5, 5.41) is 0. The summed E-state index contributed by atoms with van der Waals surface area (Å²) >= 11 is 0. The molecule has 0 saturated carbocycles. The second-order valence-electron chi connectivity index (χ2n) is 6.44. The fourth-order valence-electron chi connectivity index (χ4n) is 4.17. The summed E-state index contributed by atoms with van der Waals surface area (Å²) in [4.78, 5) is 13.1. The quantitative estimate of drug-likeness (QED) is 0.782. The van der Waals surface area contributed by atoms with Gasteiger partial charge in [0.2, 0.25) is 0 Å². The molecular formula is C22H20O2. The molecule has 1 atom stereocenters. The Morgan fingerprint density at radius 2 is 1.83 bits per heavy atom. The predicted octanol–water partition coefficient (Wildman–Crippen LogP) is 4.46. The van der Waals surface area contributed by atoms with Gasteiger partial charge in [-0.15, -0.1) is 0 Å². The minimum atomic E-state index is -0.737. The van der Waals surface area contributed by atoms with Crippen LogP contribution in [0.4, 0.5) is 0 Å². The van der Waals surface area contributed by atoms with Crippen LogP contribution >= 0.6 is 0 Å². The van der Waals surface area contributed by atoms with Crippen molar-refractivity contribution in [3.63, 3.8) is 0 Å². The summed E-state index contributed by atoms with van der Waals surface area (Å²) in [6, 6.07) is 18.5. The average Bonchev–Trinajstić information content (AvgIpc) is 2.94. The van der Waals surface area contributed by atoms with E-state index >= 15 is 0 Å². The third-order valence-corrected chi connectivity index (χ3v) is 5.19. The Labute approximate surface area is 142 Å². The first-order chi connectivity index (χ1) is 11.8. The highest BCUT2D eigenvalue weighted by Gasteiger charge is 2.50. The third kappa shape index (κ3) is 2.06. The molecule has 0 N–H and O–H groups in total. The van der Waals surface area contributed by atoms with Gasteiger partial charge in [0.1, 0.15) is 5.41 Å². The van der Waals surface area contributed by atoms with E-state index in [0.717, 1.165) is 29.5 Å². The van der Waals surface area contributed by atoms with Crippen LogP contribution in [0.2, 0.25) is 0 Å². The predicted molar refractivity (Wildman–Crippen MR) is 95.6 cm³/mol. The number of methoxy groups -OCH3 is 1. The number of hydrogen-bond donors (Lipinski definition) is 0. The lowest BCUT2D eigenvalue weighted by Crippen LogP contribution is -2.39. The lowest BCUT2D eigenvalue weighted by molar-refractivity contribution is -0.145. The fraction of sp³-hybridized carbons (Fsp3) is 0.227. The molecule has 0 radical (unpaired) electrons. The highest BCUT2D eigenvalue weighted by molar-refractivity contribution is 5.99. The summed E-state index contributed by atoms with van der Waals surface area (Å²) in [6.07, 6.45) is 6.94. The zero-order valence-electron chi connectivity index (χ0n) is 13.8. The van der Waals surface area contributed by atoms with E-state index in [1.807, 2.05) is 24.3 Å². The molecule has 120 valence electrons. The van der Waals surface area contributed by atoms with E-state index in [4.69, 9.17) is 4.74 Å². The van der Waals surface area contributed by atoms with Gasteiger partial charge in [0.25, 0.3) is 0 Å². The van der Waals surface area contributed by atoms with Crippen LogP contribution in [0.3, 0.4) is 0 Å². The molecule has 0 heterocycles. The van der Waals surface area contributed by atoms with Crippen LogP contribution in [0.15, 0.2) is 72.3 Å². The molecule has 2 nitrogen and oxygen atoms in total. The van der Waals surface area contributed by atoms with E-state index in [2.05, 4.69) is 42.5 Å². The maximum Gasteiger partial charge on any atom is 0.321 e. The van der Waals surface area contributed by atoms with E-state index in [-0.39, 0.29) is 5.97 Å². The normalized spacial score (nSPS) is 21.4. The smallest absolute Gasteiger partial charge is 0.321 e. The monoisotopic (exact) mass is 316 g/mol. The molecule has 0 bridgehead atoms. The first kappa shape index (κ1) is 14.9. The lowest BCUT2D eigenvalue weighted by Gasteiger charge is -2.31. The SMILES string of the molecule is COC(=O)[C@@]1(Cc2ccccc2)C2=C(CCC=C2)c2ccccc21. The first-order valence-electron chi connectivity index (χ1n) is 8.40. The van der Waals surface area contributed by atoms with Crippen molar-refractivity contribution < 1.29 is 9.53 Å². The zero-order valence-corrected chi connectivity index (χ0v) is 13.8. The summed E-state index contributed by atoms with van der Waals surface area (Å²) in [7, 11) is 1.49.